The fourth-order valence-corrected chi connectivity index (χ4v) is 3.07. The lowest BCUT2D eigenvalue weighted by molar-refractivity contribution is 0.414. The van der Waals surface area contributed by atoms with Crippen LogP contribution in [0.3, 0.4) is 0 Å². The second kappa shape index (κ2) is 5.53. The van der Waals surface area contributed by atoms with E-state index in [2.05, 4.69) is 15.2 Å². The van der Waals surface area contributed by atoms with Gasteiger partial charge in [-0.25, -0.2) is 0 Å². The zero-order chi connectivity index (χ0) is 16.7. The number of methoxy groups -OCH3 is 1. The molecule has 2 aromatic carbocycles. The van der Waals surface area contributed by atoms with Crippen molar-refractivity contribution in [2.24, 2.45) is 0 Å². The monoisotopic (exact) mass is 319 g/mol. The molecule has 0 saturated heterocycles. The molecule has 2 N–H and O–H groups in total. The highest BCUT2D eigenvalue weighted by Crippen LogP contribution is 2.25. The van der Waals surface area contributed by atoms with E-state index in [1.165, 1.54) is 0 Å². The first-order valence-electron chi connectivity index (χ1n) is 7.78. The topological polar surface area (TPSA) is 70.8 Å². The van der Waals surface area contributed by atoms with E-state index in [0.29, 0.717) is 17.5 Å². The lowest BCUT2D eigenvalue weighted by atomic mass is 10.0. The summed E-state index contributed by atoms with van der Waals surface area (Å²) in [6.45, 7) is 1.98. The number of fused-ring (bicyclic) bond motifs is 3. The Kier molecular flexibility index (Phi) is 3.34. The molecule has 0 atom stereocenters. The number of rotatable bonds is 3. The summed E-state index contributed by atoms with van der Waals surface area (Å²) in [5.74, 6) is 0.830. The molecule has 2 heterocycles. The van der Waals surface area contributed by atoms with Gasteiger partial charge in [-0.2, -0.15) is 5.10 Å². The van der Waals surface area contributed by atoms with Crippen LogP contribution in [-0.2, 0) is 6.42 Å². The Morgan fingerprint density at radius 1 is 1.08 bits per heavy atom. The van der Waals surface area contributed by atoms with Crippen LogP contribution in [0.1, 0.15) is 16.8 Å². The first-order chi connectivity index (χ1) is 11.7. The number of aromatic nitrogens is 3. The average molecular weight is 319 g/mol. The van der Waals surface area contributed by atoms with E-state index in [9.17, 15) is 4.79 Å². The van der Waals surface area contributed by atoms with E-state index < -0.39 is 0 Å². The molecule has 5 nitrogen and oxygen atoms in total. The van der Waals surface area contributed by atoms with Gasteiger partial charge < -0.3 is 9.72 Å². The maximum atomic E-state index is 12.3. The molecule has 0 aliphatic carbocycles. The maximum absolute atomic E-state index is 12.3. The number of pyridine rings is 1. The molecule has 0 amide bonds. The van der Waals surface area contributed by atoms with Gasteiger partial charge in [-0.15, -0.1) is 0 Å². The molecular weight excluding hydrogens is 302 g/mol. The van der Waals surface area contributed by atoms with Gasteiger partial charge >= 0.3 is 0 Å². The van der Waals surface area contributed by atoms with E-state index in [0.717, 1.165) is 33.3 Å². The Labute approximate surface area is 138 Å². The van der Waals surface area contributed by atoms with Crippen molar-refractivity contribution in [2.45, 2.75) is 13.3 Å². The Morgan fingerprint density at radius 2 is 1.88 bits per heavy atom. The molecule has 4 aromatic rings. The molecule has 120 valence electrons. The number of hydrogen-bond acceptors (Lipinski definition) is 3. The Morgan fingerprint density at radius 3 is 2.62 bits per heavy atom. The van der Waals surface area contributed by atoms with Gasteiger partial charge in [-0.1, -0.05) is 29.8 Å². The Bertz CT molecular complexity index is 1090. The summed E-state index contributed by atoms with van der Waals surface area (Å²) in [6.07, 6.45) is 0.680. The van der Waals surface area contributed by atoms with Crippen molar-refractivity contribution in [3.63, 3.8) is 0 Å². The highest BCUT2D eigenvalue weighted by molar-refractivity contribution is 6.05. The molecule has 0 spiro atoms. The smallest absolute Gasteiger partial charge is 0.257 e. The van der Waals surface area contributed by atoms with Crippen LogP contribution in [0.2, 0.25) is 0 Å². The molecule has 0 radical (unpaired) electrons. The predicted molar refractivity (Wildman–Crippen MR) is 94.8 cm³/mol. The van der Waals surface area contributed by atoms with Crippen LogP contribution in [0.25, 0.3) is 21.8 Å². The number of nitrogens with one attached hydrogen (secondary N) is 2. The van der Waals surface area contributed by atoms with E-state index in [4.69, 9.17) is 4.74 Å². The van der Waals surface area contributed by atoms with E-state index in [1.54, 1.807) is 7.11 Å². The van der Waals surface area contributed by atoms with Crippen LogP contribution in [0.15, 0.2) is 47.3 Å². The Balaban J connectivity index is 1.88. The second-order valence-corrected chi connectivity index (χ2v) is 5.95. The first kappa shape index (κ1) is 14.5. The fourth-order valence-electron chi connectivity index (χ4n) is 3.07. The molecule has 5 heteroatoms. The number of ether oxygens (including phenoxy) is 1. The summed E-state index contributed by atoms with van der Waals surface area (Å²) in [5.41, 5.74) is 3.68. The number of nitrogens with zero attached hydrogens (tertiary/aromatic N) is 1. The minimum Gasteiger partial charge on any atom is -0.497 e. The van der Waals surface area contributed by atoms with Gasteiger partial charge in [0.1, 0.15) is 11.4 Å². The molecule has 2 aromatic heterocycles. The van der Waals surface area contributed by atoms with Gasteiger partial charge in [0, 0.05) is 22.6 Å². The van der Waals surface area contributed by atoms with E-state index in [-0.39, 0.29) is 5.56 Å². The van der Waals surface area contributed by atoms with Crippen LogP contribution in [0.5, 0.6) is 5.75 Å². The number of hydrogen-bond donors (Lipinski definition) is 2. The highest BCUT2D eigenvalue weighted by atomic mass is 16.5. The van der Waals surface area contributed by atoms with Gasteiger partial charge in [0.15, 0.2) is 0 Å². The molecule has 0 fully saturated rings. The largest absolute Gasteiger partial charge is 0.497 e. The summed E-state index contributed by atoms with van der Waals surface area (Å²) in [6, 6.07) is 13.9. The van der Waals surface area contributed by atoms with Crippen molar-refractivity contribution in [1.29, 1.82) is 0 Å². The summed E-state index contributed by atoms with van der Waals surface area (Å²) in [4.78, 5) is 15.2. The number of benzene rings is 2. The minimum absolute atomic E-state index is 0.0964. The summed E-state index contributed by atoms with van der Waals surface area (Å²) < 4.78 is 5.20. The van der Waals surface area contributed by atoms with Gasteiger partial charge in [-0.3, -0.25) is 9.89 Å². The van der Waals surface area contributed by atoms with Gasteiger partial charge in [0.25, 0.3) is 5.56 Å². The molecule has 0 aliphatic rings. The molecule has 0 aliphatic heterocycles. The summed E-state index contributed by atoms with van der Waals surface area (Å²) in [7, 11) is 1.65. The van der Waals surface area contributed by atoms with Crippen molar-refractivity contribution < 1.29 is 4.74 Å². The van der Waals surface area contributed by atoms with E-state index in [1.807, 2.05) is 49.4 Å². The van der Waals surface area contributed by atoms with Crippen LogP contribution < -0.4 is 10.3 Å². The van der Waals surface area contributed by atoms with Crippen LogP contribution >= 0.6 is 0 Å². The van der Waals surface area contributed by atoms with Crippen molar-refractivity contribution in [3.05, 3.63) is 69.6 Å². The standard InChI is InChI=1S/C19H17N3O2/c1-11-3-8-14-15(9-11)19(23)20-18-17(14)16(21-22-18)10-12-4-6-13(24-2)7-5-12/h3-9H,10H2,1-2H3,(H2,20,21,22,23). The number of aromatic amines is 2. The van der Waals surface area contributed by atoms with Crippen LogP contribution in [0, 0.1) is 6.92 Å². The number of aryl methyl sites for hydroxylation is 1. The van der Waals surface area contributed by atoms with E-state index >= 15 is 0 Å². The molecule has 0 unspecified atom stereocenters. The third-order valence-corrected chi connectivity index (χ3v) is 4.30. The molecule has 24 heavy (non-hydrogen) atoms. The summed E-state index contributed by atoms with van der Waals surface area (Å²) >= 11 is 0. The minimum atomic E-state index is -0.0964. The molecule has 0 saturated carbocycles. The quantitative estimate of drug-likeness (QED) is 0.608. The van der Waals surface area contributed by atoms with Crippen LogP contribution in [-0.4, -0.2) is 22.3 Å². The SMILES string of the molecule is COc1ccc(Cc2n[nH]c3[nH]c(=O)c4cc(C)ccc4c23)cc1. The van der Waals surface area contributed by atoms with Crippen molar-refractivity contribution in [3.8, 4) is 5.75 Å². The fraction of sp³-hybridized carbons (Fsp3) is 0.158. The Hall–Kier alpha value is -3.08. The molecule has 4 rings (SSSR count). The maximum Gasteiger partial charge on any atom is 0.257 e. The highest BCUT2D eigenvalue weighted by Gasteiger charge is 2.13. The third kappa shape index (κ3) is 2.34. The van der Waals surface area contributed by atoms with Crippen molar-refractivity contribution in [1.82, 2.24) is 15.2 Å². The zero-order valence-corrected chi connectivity index (χ0v) is 13.5. The first-order valence-corrected chi connectivity index (χ1v) is 7.78. The van der Waals surface area contributed by atoms with Crippen molar-refractivity contribution >= 4 is 21.8 Å². The van der Waals surface area contributed by atoms with Gasteiger partial charge in [-0.05, 0) is 30.7 Å². The lowest BCUT2D eigenvalue weighted by Gasteiger charge is -2.04. The predicted octanol–water partition coefficient (Wildman–Crippen LogP) is 3.31. The average Bonchev–Trinajstić information content (AvgIpc) is 2.98. The number of H-pyrrole nitrogens is 2. The zero-order valence-electron chi connectivity index (χ0n) is 13.5. The van der Waals surface area contributed by atoms with Gasteiger partial charge in [0.05, 0.1) is 12.8 Å². The lowest BCUT2D eigenvalue weighted by Crippen LogP contribution is -2.06. The molecule has 0 bridgehead atoms. The normalized spacial score (nSPS) is 11.2. The third-order valence-electron chi connectivity index (χ3n) is 4.30. The molecular formula is C19H17N3O2. The second-order valence-electron chi connectivity index (χ2n) is 5.95. The van der Waals surface area contributed by atoms with Crippen molar-refractivity contribution in [2.75, 3.05) is 7.11 Å². The van der Waals surface area contributed by atoms with Crippen LogP contribution in [0.4, 0.5) is 0 Å². The van der Waals surface area contributed by atoms with Gasteiger partial charge in [0.2, 0.25) is 0 Å². The summed E-state index contributed by atoms with van der Waals surface area (Å²) in [5, 5.41) is 9.96.